The highest BCUT2D eigenvalue weighted by Crippen LogP contribution is 2.34. The van der Waals surface area contributed by atoms with E-state index < -0.39 is 34.2 Å². The van der Waals surface area contributed by atoms with E-state index in [2.05, 4.69) is 219 Å². The fraction of sp³-hybridized carbons (Fsp3) is 0.0667. The lowest BCUT2D eigenvalue weighted by Crippen LogP contribution is -2.86. The molecule has 0 unspecified atom stereocenters. The Bertz CT molecular complexity index is 1980. The largest absolute Gasteiger partial charge is 0.405 e. The predicted molar refractivity (Wildman–Crippen MR) is 225 cm³/mol. The molecule has 7 aromatic carbocycles. The van der Waals surface area contributed by atoms with Crippen LogP contribution in [0.2, 0.25) is 6.04 Å². The Morgan fingerprint density at radius 1 is 0.283 bits per heavy atom. The van der Waals surface area contributed by atoms with Crippen LogP contribution in [0.3, 0.4) is 0 Å². The zero-order valence-corrected chi connectivity index (χ0v) is 33.8. The average Bonchev–Trinajstić information content (AvgIpc) is 3.24. The van der Waals surface area contributed by atoms with E-state index in [4.69, 9.17) is 16.5 Å². The molecule has 0 atom stereocenters. The molecule has 0 amide bonds. The van der Waals surface area contributed by atoms with Crippen LogP contribution in [0, 0.1) is 0 Å². The van der Waals surface area contributed by atoms with Crippen molar-refractivity contribution in [1.82, 2.24) is 0 Å². The summed E-state index contributed by atoms with van der Waals surface area (Å²) in [5.74, 6) is 0. The molecule has 0 aliphatic carbocycles. The predicted octanol–water partition coefficient (Wildman–Crippen LogP) is 5.60. The van der Waals surface area contributed by atoms with Crippen LogP contribution in [0.1, 0.15) is 13.3 Å². The number of hydrogen-bond acceptors (Lipinski definition) is 4. The van der Waals surface area contributed by atoms with Gasteiger partial charge >= 0.3 is 34.2 Å². The Morgan fingerprint density at radius 3 is 0.717 bits per heavy atom. The topological polar surface area (TPSA) is 36.9 Å². The summed E-state index contributed by atoms with van der Waals surface area (Å²) in [5.41, 5.74) is 0. The molecular formula is C45H42O4Si4. The minimum Gasteiger partial charge on any atom is -0.405 e. The van der Waals surface area contributed by atoms with Crippen molar-refractivity contribution in [3.8, 4) is 0 Å². The van der Waals surface area contributed by atoms with Gasteiger partial charge in [-0.25, -0.2) is 0 Å². The zero-order valence-electron chi connectivity index (χ0n) is 29.8. The molecule has 4 nitrogen and oxygen atoms in total. The fourth-order valence-corrected chi connectivity index (χ4v) is 30.5. The molecule has 8 rings (SSSR count). The summed E-state index contributed by atoms with van der Waals surface area (Å²) in [6, 6.07) is 74.8. The summed E-state index contributed by atoms with van der Waals surface area (Å²) >= 11 is 0. The number of rotatable bonds is 9. The van der Waals surface area contributed by atoms with Gasteiger partial charge in [-0.15, -0.1) is 0 Å². The lowest BCUT2D eigenvalue weighted by molar-refractivity contribution is 0.260. The molecule has 53 heavy (non-hydrogen) atoms. The van der Waals surface area contributed by atoms with Crippen molar-refractivity contribution >= 4 is 70.6 Å². The van der Waals surface area contributed by atoms with Crippen molar-refractivity contribution in [3.63, 3.8) is 0 Å². The maximum Gasteiger partial charge on any atom is 0.390 e. The first-order valence-corrected chi connectivity index (χ1v) is 25.8. The molecule has 1 heterocycles. The molecule has 1 fully saturated rings. The summed E-state index contributed by atoms with van der Waals surface area (Å²) < 4.78 is 33.3. The Kier molecular flexibility index (Phi) is 10.2. The van der Waals surface area contributed by atoms with Crippen molar-refractivity contribution < 1.29 is 16.5 Å². The smallest absolute Gasteiger partial charge is 0.390 e. The summed E-state index contributed by atoms with van der Waals surface area (Å²) in [7, 11) is -14.8. The first kappa shape index (κ1) is 35.3. The van der Waals surface area contributed by atoms with Crippen LogP contribution in [-0.4, -0.2) is 34.2 Å². The highest BCUT2D eigenvalue weighted by molar-refractivity contribution is 7.14. The van der Waals surface area contributed by atoms with Crippen molar-refractivity contribution in [2.75, 3.05) is 0 Å². The van der Waals surface area contributed by atoms with Gasteiger partial charge in [0.05, 0.1) is 0 Å². The minimum atomic E-state index is -3.81. The second-order valence-electron chi connectivity index (χ2n) is 13.3. The standard InChI is InChI=1S/C45H42O4Si4/c1-2-38-50(39-24-10-3-11-25-39)46-51(40-26-12-4-13-27-40,41-28-14-5-15-29-41)48-53(44-34-20-8-21-35-44,45-36-22-9-23-37-45)49-52(47-50,42-30-16-6-17-31-42)43-32-18-7-19-33-43/h3-37H,2,38H2,1H3. The van der Waals surface area contributed by atoms with Gasteiger partial charge in [0, 0.05) is 0 Å². The minimum absolute atomic E-state index is 0.706. The quantitative estimate of drug-likeness (QED) is 0.180. The van der Waals surface area contributed by atoms with Crippen LogP contribution in [0.4, 0.5) is 0 Å². The van der Waals surface area contributed by atoms with Gasteiger partial charge in [0.1, 0.15) is 0 Å². The molecular weight excluding hydrogens is 717 g/mol. The third-order valence-corrected chi connectivity index (χ3v) is 28.4. The highest BCUT2D eigenvalue weighted by atomic mass is 28.5. The van der Waals surface area contributed by atoms with E-state index in [1.165, 1.54) is 0 Å². The molecule has 0 bridgehead atoms. The molecule has 1 saturated heterocycles. The van der Waals surface area contributed by atoms with Crippen LogP contribution in [0.15, 0.2) is 212 Å². The summed E-state index contributed by atoms with van der Waals surface area (Å²) in [5, 5.41) is 7.11. The second kappa shape index (κ2) is 15.3. The van der Waals surface area contributed by atoms with Gasteiger partial charge in [0.2, 0.25) is 0 Å². The molecule has 0 radical (unpaired) electrons. The van der Waals surface area contributed by atoms with E-state index in [0.717, 1.165) is 42.7 Å². The van der Waals surface area contributed by atoms with Crippen LogP contribution in [-0.2, 0) is 16.5 Å². The Balaban J connectivity index is 1.56. The monoisotopic (exact) mass is 758 g/mol. The average molecular weight is 759 g/mol. The summed E-state index contributed by atoms with van der Waals surface area (Å²) in [4.78, 5) is 0. The molecule has 7 aromatic rings. The molecule has 262 valence electrons. The number of hydrogen-bond donors (Lipinski definition) is 0. The van der Waals surface area contributed by atoms with Crippen LogP contribution >= 0.6 is 0 Å². The van der Waals surface area contributed by atoms with Gasteiger partial charge in [-0.05, 0) is 42.4 Å². The van der Waals surface area contributed by atoms with Gasteiger partial charge in [0.15, 0.2) is 0 Å². The van der Waals surface area contributed by atoms with Gasteiger partial charge in [-0.1, -0.05) is 226 Å². The maximum atomic E-state index is 8.36. The van der Waals surface area contributed by atoms with Crippen molar-refractivity contribution in [1.29, 1.82) is 0 Å². The van der Waals surface area contributed by atoms with Crippen LogP contribution in [0.25, 0.3) is 0 Å². The van der Waals surface area contributed by atoms with E-state index in [1.54, 1.807) is 0 Å². The van der Waals surface area contributed by atoms with E-state index in [9.17, 15) is 0 Å². The van der Waals surface area contributed by atoms with Gasteiger partial charge in [-0.3, -0.25) is 0 Å². The molecule has 0 N–H and O–H groups in total. The first-order valence-electron chi connectivity index (χ1n) is 18.3. The molecule has 0 saturated carbocycles. The van der Waals surface area contributed by atoms with E-state index in [-0.39, 0.29) is 0 Å². The lowest BCUT2D eigenvalue weighted by Gasteiger charge is -2.53. The van der Waals surface area contributed by atoms with E-state index in [1.807, 2.05) is 0 Å². The van der Waals surface area contributed by atoms with Gasteiger partial charge in [0.25, 0.3) is 0 Å². The van der Waals surface area contributed by atoms with E-state index >= 15 is 0 Å². The third-order valence-electron chi connectivity index (χ3n) is 9.91. The second-order valence-corrected chi connectivity index (χ2v) is 26.3. The molecule has 0 aromatic heterocycles. The number of benzene rings is 7. The molecule has 1 aliphatic rings. The molecule has 0 spiro atoms. The Hall–Kier alpha value is -4.75. The summed E-state index contributed by atoms with van der Waals surface area (Å²) in [6.45, 7) is 2.22. The van der Waals surface area contributed by atoms with Gasteiger partial charge < -0.3 is 16.5 Å². The SMILES string of the molecule is CCC[Si]1(c2ccccc2)O[Si](c2ccccc2)(c2ccccc2)O[Si](c2ccccc2)(c2ccccc2)O[Si](c2ccccc2)(c2ccccc2)O1. The molecule has 8 heteroatoms. The van der Waals surface area contributed by atoms with Crippen molar-refractivity contribution in [2.24, 2.45) is 0 Å². The lowest BCUT2D eigenvalue weighted by atomic mass is 10.4. The van der Waals surface area contributed by atoms with Crippen LogP contribution in [0.5, 0.6) is 0 Å². The van der Waals surface area contributed by atoms with Gasteiger partial charge in [-0.2, -0.15) is 0 Å². The van der Waals surface area contributed by atoms with Crippen molar-refractivity contribution in [3.05, 3.63) is 212 Å². The Labute approximate surface area is 317 Å². The first-order chi connectivity index (χ1) is 26.1. The highest BCUT2D eigenvalue weighted by Gasteiger charge is 2.67. The van der Waals surface area contributed by atoms with Crippen LogP contribution < -0.4 is 36.3 Å². The summed E-state index contributed by atoms with van der Waals surface area (Å²) in [6.07, 6.45) is 0.850. The zero-order chi connectivity index (χ0) is 36.0. The Morgan fingerprint density at radius 2 is 0.491 bits per heavy atom. The fourth-order valence-electron chi connectivity index (χ4n) is 7.49. The normalized spacial score (nSPS) is 17.2. The third kappa shape index (κ3) is 6.58. The van der Waals surface area contributed by atoms with Crippen molar-refractivity contribution in [2.45, 2.75) is 19.4 Å². The van der Waals surface area contributed by atoms with E-state index in [0.29, 0.717) is 6.04 Å². The maximum absolute atomic E-state index is 8.36. The molecule has 1 aliphatic heterocycles.